The molecular formula is C14H16F3N3O. The summed E-state index contributed by atoms with van der Waals surface area (Å²) in [5, 5.41) is 3.84. The minimum Gasteiger partial charge on any atom is -0.493 e. The molecule has 1 aromatic carbocycles. The van der Waals surface area contributed by atoms with Gasteiger partial charge < -0.3 is 4.74 Å². The lowest BCUT2D eigenvalue weighted by Gasteiger charge is -2.11. The van der Waals surface area contributed by atoms with Gasteiger partial charge in [-0.3, -0.25) is 0 Å². The fourth-order valence-corrected chi connectivity index (χ4v) is 1.78. The minimum atomic E-state index is -4.53. The Morgan fingerprint density at radius 3 is 2.48 bits per heavy atom. The molecule has 0 unspecified atom stereocenters. The van der Waals surface area contributed by atoms with Crippen molar-refractivity contribution < 1.29 is 17.9 Å². The van der Waals surface area contributed by atoms with E-state index in [1.54, 1.807) is 24.3 Å². The summed E-state index contributed by atoms with van der Waals surface area (Å²) in [5.74, 6) is -0.244. The van der Waals surface area contributed by atoms with Crippen molar-refractivity contribution in [1.29, 1.82) is 0 Å². The molecule has 21 heavy (non-hydrogen) atoms. The Morgan fingerprint density at radius 1 is 1.24 bits per heavy atom. The van der Waals surface area contributed by atoms with Crippen molar-refractivity contribution in [3.63, 3.8) is 0 Å². The van der Waals surface area contributed by atoms with Gasteiger partial charge in [0.25, 0.3) is 0 Å². The molecule has 0 fully saturated rings. The Morgan fingerprint density at radius 2 is 1.90 bits per heavy atom. The normalized spacial score (nSPS) is 12.0. The highest BCUT2D eigenvalue weighted by atomic mass is 19.4. The van der Waals surface area contributed by atoms with E-state index in [1.165, 1.54) is 7.05 Å². The van der Waals surface area contributed by atoms with Crippen molar-refractivity contribution in [3.05, 3.63) is 30.1 Å². The number of nitrogens with zero attached hydrogens (tertiary/aromatic N) is 3. The molecule has 0 radical (unpaired) electrons. The van der Waals surface area contributed by atoms with Crippen LogP contribution in [0.15, 0.2) is 24.3 Å². The molecule has 0 amide bonds. The molecule has 0 bridgehead atoms. The predicted octanol–water partition coefficient (Wildman–Crippen LogP) is 3.54. The van der Waals surface area contributed by atoms with Crippen molar-refractivity contribution in [2.75, 3.05) is 6.61 Å². The van der Waals surface area contributed by atoms with Gasteiger partial charge in [0.15, 0.2) is 5.82 Å². The molecule has 2 rings (SSSR count). The van der Waals surface area contributed by atoms with Gasteiger partial charge >= 0.3 is 6.18 Å². The van der Waals surface area contributed by atoms with Crippen LogP contribution >= 0.6 is 0 Å². The molecule has 0 N–H and O–H groups in total. The molecular weight excluding hydrogens is 283 g/mol. The maximum absolute atomic E-state index is 12.8. The van der Waals surface area contributed by atoms with Crippen LogP contribution in [0.25, 0.3) is 11.4 Å². The molecule has 7 heteroatoms. The zero-order chi connectivity index (χ0) is 15.6. The Bertz CT molecular complexity index is 620. The summed E-state index contributed by atoms with van der Waals surface area (Å²) in [4.78, 5) is 3.59. The van der Waals surface area contributed by atoms with Gasteiger partial charge in [0.1, 0.15) is 5.75 Å². The summed E-state index contributed by atoms with van der Waals surface area (Å²) in [6.45, 7) is 4.45. The van der Waals surface area contributed by atoms with E-state index in [1.807, 2.05) is 13.8 Å². The van der Waals surface area contributed by atoms with Gasteiger partial charge in [-0.25, -0.2) is 9.67 Å². The number of aryl methyl sites for hydroxylation is 1. The smallest absolute Gasteiger partial charge is 0.451 e. The van der Waals surface area contributed by atoms with Crippen LogP contribution < -0.4 is 4.74 Å². The standard InChI is InChI=1S/C14H16F3N3O/c1-9(2)8-21-11-7-5-4-6-10(11)12-18-13(14(15,16)17)20(3)19-12/h4-7,9H,8H2,1-3H3. The van der Waals surface area contributed by atoms with Crippen LogP contribution in [0.4, 0.5) is 13.2 Å². The molecule has 4 nitrogen and oxygen atoms in total. The Kier molecular flexibility index (Phi) is 4.20. The van der Waals surface area contributed by atoms with E-state index < -0.39 is 12.0 Å². The van der Waals surface area contributed by atoms with Crippen LogP contribution in [0.1, 0.15) is 19.7 Å². The fourth-order valence-electron chi connectivity index (χ4n) is 1.78. The topological polar surface area (TPSA) is 39.9 Å². The average molecular weight is 299 g/mol. The average Bonchev–Trinajstić information content (AvgIpc) is 2.78. The third kappa shape index (κ3) is 3.53. The molecule has 0 aliphatic heterocycles. The summed E-state index contributed by atoms with van der Waals surface area (Å²) in [5.41, 5.74) is 0.448. The molecule has 1 heterocycles. The zero-order valence-corrected chi connectivity index (χ0v) is 12.0. The molecule has 0 saturated carbocycles. The lowest BCUT2D eigenvalue weighted by atomic mass is 10.2. The monoisotopic (exact) mass is 299 g/mol. The fraction of sp³-hybridized carbons (Fsp3) is 0.429. The number of rotatable bonds is 4. The molecule has 2 aromatic rings. The van der Waals surface area contributed by atoms with Gasteiger partial charge in [0.2, 0.25) is 5.82 Å². The van der Waals surface area contributed by atoms with Crippen molar-refractivity contribution in [2.24, 2.45) is 13.0 Å². The Hall–Kier alpha value is -2.05. The first-order chi connectivity index (χ1) is 9.79. The molecule has 114 valence electrons. The number of alkyl halides is 3. The number of benzene rings is 1. The van der Waals surface area contributed by atoms with Gasteiger partial charge in [0, 0.05) is 7.05 Å². The second-order valence-electron chi connectivity index (χ2n) is 5.08. The number of hydrogen-bond donors (Lipinski definition) is 0. The van der Waals surface area contributed by atoms with Crippen LogP contribution in [-0.2, 0) is 13.2 Å². The molecule has 1 aromatic heterocycles. The summed E-state index contributed by atoms with van der Waals surface area (Å²) >= 11 is 0. The van der Waals surface area contributed by atoms with Crippen LogP contribution in [0.5, 0.6) is 5.75 Å². The van der Waals surface area contributed by atoms with E-state index in [0.717, 1.165) is 4.68 Å². The highest BCUT2D eigenvalue weighted by Gasteiger charge is 2.37. The van der Waals surface area contributed by atoms with Crippen molar-refractivity contribution in [2.45, 2.75) is 20.0 Å². The SMILES string of the molecule is CC(C)COc1ccccc1-c1nc(C(F)(F)F)n(C)n1. The van der Waals surface area contributed by atoms with E-state index in [4.69, 9.17) is 4.74 Å². The quantitative estimate of drug-likeness (QED) is 0.867. The minimum absolute atomic E-state index is 0.00387. The Labute approximate surface area is 120 Å². The highest BCUT2D eigenvalue weighted by Crippen LogP contribution is 2.32. The van der Waals surface area contributed by atoms with Gasteiger partial charge in [-0.1, -0.05) is 26.0 Å². The second kappa shape index (κ2) is 5.75. The number of hydrogen-bond acceptors (Lipinski definition) is 3. The van der Waals surface area contributed by atoms with Crippen LogP contribution in [0, 0.1) is 5.92 Å². The summed E-state index contributed by atoms with van der Waals surface area (Å²) in [6, 6.07) is 6.81. The Balaban J connectivity index is 2.38. The predicted molar refractivity (Wildman–Crippen MR) is 71.8 cm³/mol. The maximum Gasteiger partial charge on any atom is 0.451 e. The number of halogens is 3. The molecule has 0 saturated heterocycles. The zero-order valence-electron chi connectivity index (χ0n) is 12.0. The lowest BCUT2D eigenvalue weighted by Crippen LogP contribution is -2.13. The van der Waals surface area contributed by atoms with E-state index in [0.29, 0.717) is 23.8 Å². The molecule has 0 spiro atoms. The summed E-state index contributed by atoms with van der Waals surface area (Å²) < 4.78 is 44.7. The first kappa shape index (κ1) is 15.3. The van der Waals surface area contributed by atoms with Crippen molar-refractivity contribution >= 4 is 0 Å². The van der Waals surface area contributed by atoms with E-state index in [2.05, 4.69) is 10.1 Å². The van der Waals surface area contributed by atoms with E-state index in [9.17, 15) is 13.2 Å². The third-order valence-corrected chi connectivity index (χ3v) is 2.72. The number of para-hydroxylation sites is 1. The first-order valence-corrected chi connectivity index (χ1v) is 6.49. The number of ether oxygens (including phenoxy) is 1. The summed E-state index contributed by atoms with van der Waals surface area (Å²) in [7, 11) is 1.22. The molecule has 0 aliphatic carbocycles. The maximum atomic E-state index is 12.8. The third-order valence-electron chi connectivity index (χ3n) is 2.72. The van der Waals surface area contributed by atoms with Crippen LogP contribution in [0.2, 0.25) is 0 Å². The van der Waals surface area contributed by atoms with Crippen molar-refractivity contribution in [1.82, 2.24) is 14.8 Å². The van der Waals surface area contributed by atoms with Crippen molar-refractivity contribution in [3.8, 4) is 17.1 Å². The van der Waals surface area contributed by atoms with Gasteiger partial charge in [-0.15, -0.1) is 0 Å². The van der Waals surface area contributed by atoms with E-state index >= 15 is 0 Å². The van der Waals surface area contributed by atoms with Gasteiger partial charge in [0.05, 0.1) is 12.2 Å². The molecule has 0 atom stereocenters. The van der Waals surface area contributed by atoms with Crippen LogP contribution in [0.3, 0.4) is 0 Å². The van der Waals surface area contributed by atoms with Gasteiger partial charge in [-0.05, 0) is 18.1 Å². The summed E-state index contributed by atoms with van der Waals surface area (Å²) in [6.07, 6.45) is -4.53. The van der Waals surface area contributed by atoms with E-state index in [-0.39, 0.29) is 5.82 Å². The van der Waals surface area contributed by atoms with Crippen LogP contribution in [-0.4, -0.2) is 21.4 Å². The van der Waals surface area contributed by atoms with Gasteiger partial charge in [-0.2, -0.15) is 18.3 Å². The molecule has 0 aliphatic rings. The largest absolute Gasteiger partial charge is 0.493 e. The number of aromatic nitrogens is 3. The second-order valence-corrected chi connectivity index (χ2v) is 5.08. The first-order valence-electron chi connectivity index (χ1n) is 6.49. The lowest BCUT2D eigenvalue weighted by molar-refractivity contribution is -0.147. The highest BCUT2D eigenvalue weighted by molar-refractivity contribution is 5.63.